The number of aryl methyl sites for hydroxylation is 2. The van der Waals surface area contributed by atoms with Crippen LogP contribution in [0.3, 0.4) is 0 Å². The number of ether oxygens (including phenoxy) is 1. The molecular formula is C18H19FN2O2. The average Bonchev–Trinajstić information content (AvgIpc) is 2.54. The van der Waals surface area contributed by atoms with Gasteiger partial charge in [0.15, 0.2) is 6.61 Å². The Morgan fingerprint density at radius 1 is 1.17 bits per heavy atom. The van der Waals surface area contributed by atoms with Crippen LogP contribution in [0.25, 0.3) is 0 Å². The van der Waals surface area contributed by atoms with Crippen molar-refractivity contribution >= 4 is 11.6 Å². The minimum Gasteiger partial charge on any atom is -0.483 e. The standard InChI is InChI=1S/C18H19FN2O2/c1-12-4-5-13(2)17(10-12)23-11-18(22)21-20-14(3)15-6-8-16(19)9-7-15/h4-10H,11H2,1-3H3,(H,21,22)/b20-14+. The number of carbonyl (C=O) groups excluding carboxylic acids is 1. The Bertz CT molecular complexity index is 724. The number of hydrogen-bond acceptors (Lipinski definition) is 3. The molecule has 0 bridgehead atoms. The molecule has 0 atom stereocenters. The second-order valence-corrected chi connectivity index (χ2v) is 5.30. The number of benzene rings is 2. The highest BCUT2D eigenvalue weighted by Crippen LogP contribution is 2.18. The molecule has 23 heavy (non-hydrogen) atoms. The molecule has 0 saturated heterocycles. The van der Waals surface area contributed by atoms with E-state index in [1.54, 1.807) is 19.1 Å². The summed E-state index contributed by atoms with van der Waals surface area (Å²) in [6.07, 6.45) is 0. The number of rotatable bonds is 5. The molecule has 0 spiro atoms. The van der Waals surface area contributed by atoms with Gasteiger partial charge in [-0.25, -0.2) is 9.82 Å². The van der Waals surface area contributed by atoms with E-state index in [4.69, 9.17) is 4.74 Å². The molecule has 120 valence electrons. The molecule has 4 nitrogen and oxygen atoms in total. The van der Waals surface area contributed by atoms with Crippen LogP contribution in [-0.4, -0.2) is 18.2 Å². The molecule has 2 aromatic rings. The van der Waals surface area contributed by atoms with Gasteiger partial charge in [0.2, 0.25) is 0 Å². The maximum Gasteiger partial charge on any atom is 0.277 e. The van der Waals surface area contributed by atoms with Gasteiger partial charge in [-0.15, -0.1) is 0 Å². The van der Waals surface area contributed by atoms with Crippen LogP contribution in [0, 0.1) is 19.7 Å². The lowest BCUT2D eigenvalue weighted by Gasteiger charge is -2.09. The molecule has 0 aliphatic rings. The summed E-state index contributed by atoms with van der Waals surface area (Å²) in [6, 6.07) is 11.7. The molecule has 5 heteroatoms. The number of halogens is 1. The molecule has 0 aliphatic carbocycles. The van der Waals surface area contributed by atoms with Gasteiger partial charge in [-0.05, 0) is 55.7 Å². The molecule has 0 fully saturated rings. The zero-order valence-electron chi connectivity index (χ0n) is 13.4. The number of hydrazone groups is 1. The van der Waals surface area contributed by atoms with E-state index in [9.17, 15) is 9.18 Å². The largest absolute Gasteiger partial charge is 0.483 e. The zero-order chi connectivity index (χ0) is 16.8. The van der Waals surface area contributed by atoms with Crippen molar-refractivity contribution in [3.05, 3.63) is 65.0 Å². The SMILES string of the molecule is C/C(=N\NC(=O)COc1cc(C)ccc1C)c1ccc(F)cc1. The van der Waals surface area contributed by atoms with E-state index in [0.29, 0.717) is 11.5 Å². The first-order chi connectivity index (χ1) is 11.0. The van der Waals surface area contributed by atoms with Gasteiger partial charge in [0.25, 0.3) is 5.91 Å². The Hall–Kier alpha value is -2.69. The number of carbonyl (C=O) groups is 1. The summed E-state index contributed by atoms with van der Waals surface area (Å²) in [5, 5.41) is 3.99. The zero-order valence-corrected chi connectivity index (χ0v) is 13.4. The quantitative estimate of drug-likeness (QED) is 0.679. The molecule has 0 heterocycles. The number of hydrogen-bond donors (Lipinski definition) is 1. The molecule has 2 rings (SSSR count). The number of nitrogens with zero attached hydrogens (tertiary/aromatic N) is 1. The van der Waals surface area contributed by atoms with Crippen LogP contribution in [0.4, 0.5) is 4.39 Å². The van der Waals surface area contributed by atoms with Gasteiger partial charge >= 0.3 is 0 Å². The summed E-state index contributed by atoms with van der Waals surface area (Å²) < 4.78 is 18.4. The third kappa shape index (κ3) is 4.92. The van der Waals surface area contributed by atoms with Crippen molar-refractivity contribution in [2.24, 2.45) is 5.10 Å². The summed E-state index contributed by atoms with van der Waals surface area (Å²) in [5.74, 6) is 0.0132. The van der Waals surface area contributed by atoms with Crippen LogP contribution in [0.1, 0.15) is 23.6 Å². The molecule has 0 radical (unpaired) electrons. The van der Waals surface area contributed by atoms with Crippen molar-refractivity contribution in [1.82, 2.24) is 5.43 Å². The highest BCUT2D eigenvalue weighted by molar-refractivity contribution is 5.99. The van der Waals surface area contributed by atoms with Gasteiger partial charge in [0, 0.05) is 0 Å². The third-order valence-corrected chi connectivity index (χ3v) is 3.31. The highest BCUT2D eigenvalue weighted by atomic mass is 19.1. The van der Waals surface area contributed by atoms with Gasteiger partial charge in [-0.3, -0.25) is 4.79 Å². The predicted octanol–water partition coefficient (Wildman–Crippen LogP) is 3.36. The minimum atomic E-state index is -0.354. The Kier molecular flexibility index (Phi) is 5.46. The molecule has 0 aliphatic heterocycles. The maximum atomic E-state index is 12.9. The second-order valence-electron chi connectivity index (χ2n) is 5.30. The van der Waals surface area contributed by atoms with E-state index in [-0.39, 0.29) is 18.3 Å². The van der Waals surface area contributed by atoms with E-state index in [1.165, 1.54) is 12.1 Å². The van der Waals surface area contributed by atoms with Crippen molar-refractivity contribution in [2.75, 3.05) is 6.61 Å². The van der Waals surface area contributed by atoms with Crippen LogP contribution in [0.2, 0.25) is 0 Å². The first kappa shape index (κ1) is 16.7. The fraction of sp³-hybridized carbons (Fsp3) is 0.222. The minimum absolute atomic E-state index is 0.121. The molecule has 0 saturated carbocycles. The predicted molar refractivity (Wildman–Crippen MR) is 88.2 cm³/mol. The lowest BCUT2D eigenvalue weighted by molar-refractivity contribution is -0.123. The fourth-order valence-electron chi connectivity index (χ4n) is 1.94. The van der Waals surface area contributed by atoms with Crippen molar-refractivity contribution in [3.8, 4) is 5.75 Å². The smallest absolute Gasteiger partial charge is 0.277 e. The second kappa shape index (κ2) is 7.54. The Morgan fingerprint density at radius 2 is 1.87 bits per heavy atom. The first-order valence-electron chi connectivity index (χ1n) is 7.25. The Balaban J connectivity index is 1.90. The Labute approximate surface area is 135 Å². The molecule has 1 N–H and O–H groups in total. The van der Waals surface area contributed by atoms with Crippen LogP contribution in [0.5, 0.6) is 5.75 Å². The summed E-state index contributed by atoms with van der Waals surface area (Å²) in [4.78, 5) is 11.8. The average molecular weight is 314 g/mol. The fourth-order valence-corrected chi connectivity index (χ4v) is 1.94. The van der Waals surface area contributed by atoms with E-state index in [2.05, 4.69) is 10.5 Å². The van der Waals surface area contributed by atoms with Crippen LogP contribution < -0.4 is 10.2 Å². The molecule has 1 amide bonds. The number of nitrogens with one attached hydrogen (secondary N) is 1. The molecule has 2 aromatic carbocycles. The van der Waals surface area contributed by atoms with Crippen LogP contribution in [0.15, 0.2) is 47.6 Å². The van der Waals surface area contributed by atoms with E-state index in [1.807, 2.05) is 32.0 Å². The normalized spacial score (nSPS) is 11.2. The highest BCUT2D eigenvalue weighted by Gasteiger charge is 2.05. The van der Waals surface area contributed by atoms with Crippen molar-refractivity contribution in [2.45, 2.75) is 20.8 Å². The third-order valence-electron chi connectivity index (χ3n) is 3.31. The van der Waals surface area contributed by atoms with Gasteiger partial charge in [-0.2, -0.15) is 5.10 Å². The summed E-state index contributed by atoms with van der Waals surface area (Å²) in [6.45, 7) is 5.50. The molecule has 0 aromatic heterocycles. The van der Waals surface area contributed by atoms with Gasteiger partial charge in [0.05, 0.1) is 5.71 Å². The van der Waals surface area contributed by atoms with Crippen LogP contribution >= 0.6 is 0 Å². The summed E-state index contributed by atoms with van der Waals surface area (Å²) >= 11 is 0. The monoisotopic (exact) mass is 314 g/mol. The molecular weight excluding hydrogens is 295 g/mol. The van der Waals surface area contributed by atoms with Gasteiger partial charge in [-0.1, -0.05) is 24.3 Å². The van der Waals surface area contributed by atoms with E-state index in [0.717, 1.165) is 16.7 Å². The molecule has 0 unspecified atom stereocenters. The van der Waals surface area contributed by atoms with Crippen LogP contribution in [-0.2, 0) is 4.79 Å². The van der Waals surface area contributed by atoms with E-state index < -0.39 is 0 Å². The summed E-state index contributed by atoms with van der Waals surface area (Å²) in [7, 11) is 0. The lowest BCUT2D eigenvalue weighted by atomic mass is 10.1. The van der Waals surface area contributed by atoms with Gasteiger partial charge < -0.3 is 4.74 Å². The van der Waals surface area contributed by atoms with Crippen molar-refractivity contribution < 1.29 is 13.9 Å². The lowest BCUT2D eigenvalue weighted by Crippen LogP contribution is -2.25. The van der Waals surface area contributed by atoms with Gasteiger partial charge in [0.1, 0.15) is 11.6 Å². The van der Waals surface area contributed by atoms with Crippen molar-refractivity contribution in [1.29, 1.82) is 0 Å². The summed E-state index contributed by atoms with van der Waals surface area (Å²) in [5.41, 5.74) is 5.79. The topological polar surface area (TPSA) is 50.7 Å². The Morgan fingerprint density at radius 3 is 2.57 bits per heavy atom. The first-order valence-corrected chi connectivity index (χ1v) is 7.25. The van der Waals surface area contributed by atoms with Crippen molar-refractivity contribution in [3.63, 3.8) is 0 Å². The van der Waals surface area contributed by atoms with E-state index >= 15 is 0 Å². The number of amides is 1. The maximum absolute atomic E-state index is 12.9.